The molecule has 2 aliphatic heterocycles. The molecule has 2 aliphatic rings. The monoisotopic (exact) mass is 364 g/mol. The highest BCUT2D eigenvalue weighted by Gasteiger charge is 2.40. The number of halogens is 2. The van der Waals surface area contributed by atoms with Crippen molar-refractivity contribution >= 4 is 29.1 Å². The Morgan fingerprint density at radius 2 is 2.00 bits per heavy atom. The quantitative estimate of drug-likeness (QED) is 0.853. The van der Waals surface area contributed by atoms with Crippen LogP contribution < -0.4 is 10.9 Å². The van der Waals surface area contributed by atoms with Crippen molar-refractivity contribution in [2.75, 3.05) is 13.1 Å². The molecule has 6 nitrogen and oxygen atoms in total. The van der Waals surface area contributed by atoms with Crippen molar-refractivity contribution in [1.82, 2.24) is 20.2 Å². The van der Waals surface area contributed by atoms with E-state index in [-0.39, 0.29) is 17.5 Å². The molecule has 1 aromatic carbocycles. The summed E-state index contributed by atoms with van der Waals surface area (Å²) in [7, 11) is 0. The Labute approximate surface area is 147 Å². The summed E-state index contributed by atoms with van der Waals surface area (Å²) in [6.07, 6.45) is 2.26. The zero-order valence-electron chi connectivity index (χ0n) is 12.6. The van der Waals surface area contributed by atoms with E-state index in [9.17, 15) is 9.59 Å². The van der Waals surface area contributed by atoms with E-state index in [0.717, 1.165) is 13.0 Å². The number of likely N-dealkylation sites (tertiary alicyclic amines) is 1. The molecule has 0 radical (unpaired) electrons. The maximum absolute atomic E-state index is 12.6. The lowest BCUT2D eigenvalue weighted by molar-refractivity contribution is 0.0713. The van der Waals surface area contributed by atoms with Gasteiger partial charge in [0.1, 0.15) is 11.4 Å². The average Bonchev–Trinajstić information content (AvgIpc) is 3.16. The molecule has 1 amide bonds. The van der Waals surface area contributed by atoms with Crippen LogP contribution in [-0.4, -0.2) is 45.9 Å². The maximum Gasteiger partial charge on any atom is 0.264 e. The fraction of sp³-hybridized carbons (Fsp3) is 0.312. The van der Waals surface area contributed by atoms with E-state index in [1.165, 1.54) is 6.20 Å². The van der Waals surface area contributed by atoms with Crippen molar-refractivity contribution in [2.45, 2.75) is 18.5 Å². The number of piperazine rings is 1. The van der Waals surface area contributed by atoms with E-state index in [0.29, 0.717) is 34.0 Å². The van der Waals surface area contributed by atoms with E-state index >= 15 is 0 Å². The van der Waals surface area contributed by atoms with E-state index in [1.807, 2.05) is 0 Å². The second kappa shape index (κ2) is 5.88. The lowest BCUT2D eigenvalue weighted by atomic mass is 10.2. The Morgan fingerprint density at radius 1 is 1.25 bits per heavy atom. The van der Waals surface area contributed by atoms with Crippen molar-refractivity contribution in [3.8, 4) is 11.4 Å². The van der Waals surface area contributed by atoms with Gasteiger partial charge in [-0.2, -0.15) is 0 Å². The molecule has 0 unspecified atom stereocenters. The molecular formula is C16H14Cl2N4O2. The number of nitrogens with one attached hydrogen (secondary N) is 2. The highest BCUT2D eigenvalue weighted by molar-refractivity contribution is 6.35. The van der Waals surface area contributed by atoms with E-state index < -0.39 is 5.56 Å². The van der Waals surface area contributed by atoms with Crippen molar-refractivity contribution in [1.29, 1.82) is 0 Å². The summed E-state index contributed by atoms with van der Waals surface area (Å²) in [6.45, 7) is 1.41. The minimum Gasteiger partial charge on any atom is -0.333 e. The molecule has 1 aromatic heterocycles. The largest absolute Gasteiger partial charge is 0.333 e. The third kappa shape index (κ3) is 2.70. The fourth-order valence-electron chi connectivity index (χ4n) is 3.35. The standard InChI is InChI=1S/C16H14Cl2N4O2/c17-9-1-8(2-10(18)3-9)14-20-6-13(15(23)21-14)16(24)22-7-11-4-12(22)5-19-11/h1-3,6,11-12,19H,4-5,7H2,(H,20,21,23)/t11-,12-/m0/s1. The second-order valence-electron chi connectivity index (χ2n) is 6.08. The molecule has 2 bridgehead atoms. The van der Waals surface area contributed by atoms with Crippen LogP contribution in [-0.2, 0) is 0 Å². The first-order valence-corrected chi connectivity index (χ1v) is 8.37. The van der Waals surface area contributed by atoms with Gasteiger partial charge in [0.05, 0.1) is 0 Å². The fourth-order valence-corrected chi connectivity index (χ4v) is 3.87. The molecule has 2 fully saturated rings. The number of H-pyrrole nitrogens is 1. The molecule has 0 saturated carbocycles. The van der Waals surface area contributed by atoms with Crippen molar-refractivity contribution in [3.63, 3.8) is 0 Å². The number of hydrogen-bond donors (Lipinski definition) is 2. The number of aromatic amines is 1. The number of aromatic nitrogens is 2. The van der Waals surface area contributed by atoms with Crippen molar-refractivity contribution in [2.24, 2.45) is 0 Å². The number of fused-ring (bicyclic) bond motifs is 2. The highest BCUT2D eigenvalue weighted by Crippen LogP contribution is 2.26. The lowest BCUT2D eigenvalue weighted by Crippen LogP contribution is -2.47. The Balaban J connectivity index is 1.65. The number of nitrogens with zero attached hydrogens (tertiary/aromatic N) is 2. The summed E-state index contributed by atoms with van der Waals surface area (Å²) in [5, 5.41) is 4.22. The second-order valence-corrected chi connectivity index (χ2v) is 6.96. The normalized spacial score (nSPS) is 22.2. The summed E-state index contributed by atoms with van der Waals surface area (Å²) >= 11 is 11.9. The molecule has 2 saturated heterocycles. The smallest absolute Gasteiger partial charge is 0.264 e. The van der Waals surface area contributed by atoms with Crippen molar-refractivity contribution < 1.29 is 4.79 Å². The van der Waals surface area contributed by atoms with Gasteiger partial charge in [0.2, 0.25) is 0 Å². The van der Waals surface area contributed by atoms with Crippen LogP contribution in [0.5, 0.6) is 0 Å². The molecule has 24 heavy (non-hydrogen) atoms. The molecule has 2 atom stereocenters. The minimum atomic E-state index is -0.461. The van der Waals surface area contributed by atoms with E-state index in [2.05, 4.69) is 15.3 Å². The van der Waals surface area contributed by atoms with Gasteiger partial charge in [-0.15, -0.1) is 0 Å². The van der Waals surface area contributed by atoms with Gasteiger partial charge in [-0.1, -0.05) is 23.2 Å². The Bertz CT molecular complexity index is 862. The molecule has 124 valence electrons. The Hall–Kier alpha value is -1.89. The van der Waals surface area contributed by atoms with E-state index in [4.69, 9.17) is 23.2 Å². The summed E-state index contributed by atoms with van der Waals surface area (Å²) in [4.78, 5) is 33.6. The average molecular weight is 365 g/mol. The van der Waals surface area contributed by atoms with E-state index in [1.54, 1.807) is 23.1 Å². The third-order valence-electron chi connectivity index (χ3n) is 4.48. The number of hydrogen-bond acceptors (Lipinski definition) is 4. The Kier molecular flexibility index (Phi) is 3.83. The Morgan fingerprint density at radius 3 is 2.58 bits per heavy atom. The van der Waals surface area contributed by atoms with Gasteiger partial charge < -0.3 is 15.2 Å². The first-order chi connectivity index (χ1) is 11.5. The molecule has 4 rings (SSSR count). The highest BCUT2D eigenvalue weighted by atomic mass is 35.5. The van der Waals surface area contributed by atoms with Gasteiger partial charge in [-0.25, -0.2) is 4.98 Å². The lowest BCUT2D eigenvalue weighted by Gasteiger charge is -2.27. The van der Waals surface area contributed by atoms with Crippen LogP contribution in [0.15, 0.2) is 29.2 Å². The predicted octanol–water partition coefficient (Wildman–Crippen LogP) is 1.93. The van der Waals surface area contributed by atoms with Crippen LogP contribution in [0.3, 0.4) is 0 Å². The van der Waals surface area contributed by atoms with Crippen LogP contribution in [0.1, 0.15) is 16.8 Å². The zero-order valence-corrected chi connectivity index (χ0v) is 14.1. The molecule has 0 spiro atoms. The SMILES string of the molecule is O=C(c1cnc(-c2cc(Cl)cc(Cl)c2)[nH]c1=O)N1C[C@@H]2C[C@H]1CN2. The summed E-state index contributed by atoms with van der Waals surface area (Å²) in [5.41, 5.74) is 0.185. The minimum absolute atomic E-state index is 0.0550. The first kappa shape index (κ1) is 15.6. The first-order valence-electron chi connectivity index (χ1n) is 7.61. The van der Waals surface area contributed by atoms with Crippen molar-refractivity contribution in [3.05, 3.63) is 50.4 Å². The van der Waals surface area contributed by atoms with Crippen LogP contribution in [0.4, 0.5) is 0 Å². The number of carbonyl (C=O) groups excluding carboxylic acids is 1. The molecule has 2 aromatic rings. The van der Waals surface area contributed by atoms with Crippen LogP contribution in [0.2, 0.25) is 10.0 Å². The van der Waals surface area contributed by atoms with Crippen LogP contribution in [0.25, 0.3) is 11.4 Å². The topological polar surface area (TPSA) is 78.1 Å². The summed E-state index contributed by atoms with van der Waals surface area (Å²) < 4.78 is 0. The molecule has 2 N–H and O–H groups in total. The van der Waals surface area contributed by atoms with Gasteiger partial charge >= 0.3 is 0 Å². The maximum atomic E-state index is 12.6. The number of rotatable bonds is 2. The van der Waals surface area contributed by atoms with Gasteiger partial charge in [-0.3, -0.25) is 9.59 Å². The van der Waals surface area contributed by atoms with Crippen LogP contribution >= 0.6 is 23.2 Å². The predicted molar refractivity (Wildman–Crippen MR) is 91.5 cm³/mol. The summed E-state index contributed by atoms with van der Waals surface area (Å²) in [5.74, 6) is 0.0546. The molecule has 8 heteroatoms. The summed E-state index contributed by atoms with van der Waals surface area (Å²) in [6, 6.07) is 5.39. The number of benzene rings is 1. The van der Waals surface area contributed by atoms with Gasteiger partial charge in [0.15, 0.2) is 0 Å². The number of amides is 1. The zero-order chi connectivity index (χ0) is 16.8. The molecule has 0 aliphatic carbocycles. The number of carbonyl (C=O) groups is 1. The third-order valence-corrected chi connectivity index (χ3v) is 4.92. The molecule has 3 heterocycles. The van der Waals surface area contributed by atoms with Crippen LogP contribution in [0, 0.1) is 0 Å². The molecular weight excluding hydrogens is 351 g/mol. The van der Waals surface area contributed by atoms with Gasteiger partial charge in [-0.05, 0) is 24.6 Å². The van der Waals surface area contributed by atoms with Gasteiger partial charge in [0, 0.05) is 47.0 Å². The van der Waals surface area contributed by atoms with Gasteiger partial charge in [0.25, 0.3) is 11.5 Å².